The maximum absolute atomic E-state index is 12.4. The van der Waals surface area contributed by atoms with E-state index in [-0.39, 0.29) is 5.91 Å². The van der Waals surface area contributed by atoms with Crippen LogP contribution in [0.3, 0.4) is 0 Å². The first kappa shape index (κ1) is 14.1. The van der Waals surface area contributed by atoms with Gasteiger partial charge in [-0.1, -0.05) is 18.2 Å². The molecule has 3 aromatic rings. The Morgan fingerprint density at radius 3 is 2.55 bits per heavy atom. The minimum absolute atomic E-state index is 0.223. The van der Waals surface area contributed by atoms with Gasteiger partial charge in [0.1, 0.15) is 0 Å². The van der Waals surface area contributed by atoms with E-state index in [2.05, 4.69) is 20.8 Å². The second-order valence-electron chi connectivity index (χ2n) is 5.22. The Balaban J connectivity index is 1.82. The second kappa shape index (κ2) is 5.48. The molecule has 6 heteroatoms. The fourth-order valence-electron chi connectivity index (χ4n) is 2.48. The van der Waals surface area contributed by atoms with Gasteiger partial charge in [0.15, 0.2) is 0 Å². The molecule has 22 heavy (non-hydrogen) atoms. The summed E-state index contributed by atoms with van der Waals surface area (Å²) in [6.45, 7) is 3.76. The Labute approximate surface area is 128 Å². The lowest BCUT2D eigenvalue weighted by Crippen LogP contribution is -2.30. The summed E-state index contributed by atoms with van der Waals surface area (Å²) in [7, 11) is 1.92. The van der Waals surface area contributed by atoms with Crippen LogP contribution in [0.25, 0.3) is 10.9 Å². The number of aryl methyl sites for hydroxylation is 3. The first-order valence-corrected chi connectivity index (χ1v) is 6.97. The Kier molecular flexibility index (Phi) is 3.50. The van der Waals surface area contributed by atoms with Crippen molar-refractivity contribution in [2.45, 2.75) is 13.8 Å². The normalized spacial score (nSPS) is 10.7. The third-order valence-electron chi connectivity index (χ3n) is 3.41. The molecule has 112 valence electrons. The quantitative estimate of drug-likeness (QED) is 0.728. The number of hydrazine groups is 1. The zero-order valence-electron chi connectivity index (χ0n) is 12.7. The van der Waals surface area contributed by atoms with E-state index in [0.717, 1.165) is 22.3 Å². The van der Waals surface area contributed by atoms with Crippen LogP contribution in [-0.4, -0.2) is 20.4 Å². The Morgan fingerprint density at radius 1 is 1.14 bits per heavy atom. The van der Waals surface area contributed by atoms with E-state index in [1.165, 1.54) is 0 Å². The summed E-state index contributed by atoms with van der Waals surface area (Å²) in [6.07, 6.45) is 1.81. The second-order valence-corrected chi connectivity index (χ2v) is 5.22. The van der Waals surface area contributed by atoms with Crippen molar-refractivity contribution in [2.75, 3.05) is 5.43 Å². The molecule has 2 N–H and O–H groups in total. The molecular weight excluding hydrogens is 278 g/mol. The Morgan fingerprint density at radius 2 is 1.82 bits per heavy atom. The molecule has 0 bridgehead atoms. The van der Waals surface area contributed by atoms with Gasteiger partial charge in [0.05, 0.1) is 5.56 Å². The zero-order valence-corrected chi connectivity index (χ0v) is 12.7. The first-order chi connectivity index (χ1) is 10.5. The average Bonchev–Trinajstić information content (AvgIpc) is 2.82. The van der Waals surface area contributed by atoms with Crippen LogP contribution in [0.15, 0.2) is 36.5 Å². The molecule has 0 aliphatic rings. The van der Waals surface area contributed by atoms with Crippen molar-refractivity contribution in [2.24, 2.45) is 7.05 Å². The van der Waals surface area contributed by atoms with Crippen LogP contribution < -0.4 is 10.9 Å². The highest BCUT2D eigenvalue weighted by atomic mass is 16.2. The number of carbonyl (C=O) groups excluding carboxylic acids is 1. The van der Waals surface area contributed by atoms with Crippen molar-refractivity contribution in [3.8, 4) is 0 Å². The van der Waals surface area contributed by atoms with Crippen molar-refractivity contribution in [3.05, 3.63) is 53.5 Å². The zero-order chi connectivity index (χ0) is 15.7. The fraction of sp³-hybridized carbons (Fsp3) is 0.188. The highest BCUT2D eigenvalue weighted by molar-refractivity contribution is 6.07. The number of rotatable bonds is 3. The summed E-state index contributed by atoms with van der Waals surface area (Å²) in [6, 6.07) is 9.65. The van der Waals surface area contributed by atoms with Crippen LogP contribution in [0, 0.1) is 13.8 Å². The number of para-hydroxylation sites is 1. The number of anilines is 1. The number of nitrogens with zero attached hydrogens (tertiary/aromatic N) is 3. The van der Waals surface area contributed by atoms with E-state index < -0.39 is 0 Å². The van der Waals surface area contributed by atoms with Crippen molar-refractivity contribution in [3.63, 3.8) is 0 Å². The predicted octanol–water partition coefficient (Wildman–Crippen LogP) is 2.34. The molecule has 0 aliphatic carbocycles. The maximum atomic E-state index is 12.4. The molecule has 1 aromatic carbocycles. The largest absolute Gasteiger partial charge is 0.350 e. The predicted molar refractivity (Wildman–Crippen MR) is 85.5 cm³/mol. The molecule has 2 aromatic heterocycles. The molecule has 6 nitrogen and oxygen atoms in total. The summed E-state index contributed by atoms with van der Waals surface area (Å²) in [5, 5.41) is 0.908. The lowest BCUT2D eigenvalue weighted by molar-refractivity contribution is 0.0963. The molecule has 0 fully saturated rings. The van der Waals surface area contributed by atoms with Crippen molar-refractivity contribution in [1.29, 1.82) is 0 Å². The summed E-state index contributed by atoms with van der Waals surface area (Å²) in [5.41, 5.74) is 8.72. The van der Waals surface area contributed by atoms with Gasteiger partial charge < -0.3 is 4.57 Å². The topological polar surface area (TPSA) is 71.8 Å². The summed E-state index contributed by atoms with van der Waals surface area (Å²) in [4.78, 5) is 20.8. The minimum Gasteiger partial charge on any atom is -0.350 e. The lowest BCUT2D eigenvalue weighted by Gasteiger charge is -2.07. The summed E-state index contributed by atoms with van der Waals surface area (Å²) >= 11 is 0. The number of benzene rings is 1. The van der Waals surface area contributed by atoms with Crippen LogP contribution in [0.2, 0.25) is 0 Å². The van der Waals surface area contributed by atoms with E-state index in [9.17, 15) is 4.79 Å². The van der Waals surface area contributed by atoms with Crippen LogP contribution in [-0.2, 0) is 7.05 Å². The van der Waals surface area contributed by atoms with Gasteiger partial charge in [0, 0.05) is 35.5 Å². The van der Waals surface area contributed by atoms with Crippen LogP contribution in [0.4, 0.5) is 5.95 Å². The minimum atomic E-state index is -0.223. The molecule has 0 atom stereocenters. The molecule has 0 aliphatic heterocycles. The Bertz CT molecular complexity index is 833. The van der Waals surface area contributed by atoms with Crippen LogP contribution in [0.5, 0.6) is 0 Å². The van der Waals surface area contributed by atoms with Gasteiger partial charge in [0.25, 0.3) is 5.91 Å². The number of nitrogens with one attached hydrogen (secondary N) is 2. The Hall–Kier alpha value is -2.89. The standard InChI is InChI=1S/C16H17N5O/c1-10-8-11(2)18-16(17-10)20-19-15(22)13-9-21(3)14-7-5-4-6-12(13)14/h4-9H,1-3H3,(H,19,22)(H,17,18,20). The summed E-state index contributed by atoms with van der Waals surface area (Å²) in [5.74, 6) is 0.158. The number of fused-ring (bicyclic) bond motifs is 1. The van der Waals surface area contributed by atoms with E-state index in [1.54, 1.807) is 0 Å². The molecule has 0 saturated carbocycles. The average molecular weight is 295 g/mol. The van der Waals surface area contributed by atoms with E-state index >= 15 is 0 Å². The molecule has 0 radical (unpaired) electrons. The van der Waals surface area contributed by atoms with Gasteiger partial charge in [-0.2, -0.15) is 0 Å². The number of aromatic nitrogens is 3. The fourth-order valence-corrected chi connectivity index (χ4v) is 2.48. The molecule has 0 spiro atoms. The lowest BCUT2D eigenvalue weighted by atomic mass is 10.2. The molecule has 1 amide bonds. The number of amides is 1. The maximum Gasteiger partial charge on any atom is 0.271 e. The molecular formula is C16H17N5O. The van der Waals surface area contributed by atoms with Crippen LogP contribution in [0.1, 0.15) is 21.7 Å². The molecule has 2 heterocycles. The van der Waals surface area contributed by atoms with Gasteiger partial charge in [-0.05, 0) is 26.0 Å². The van der Waals surface area contributed by atoms with Gasteiger partial charge in [-0.15, -0.1) is 0 Å². The molecule has 0 saturated heterocycles. The summed E-state index contributed by atoms with van der Waals surface area (Å²) < 4.78 is 1.93. The van der Waals surface area contributed by atoms with Crippen molar-refractivity contribution in [1.82, 2.24) is 20.0 Å². The number of carbonyl (C=O) groups is 1. The van der Waals surface area contributed by atoms with Gasteiger partial charge >= 0.3 is 0 Å². The number of hydrogen-bond acceptors (Lipinski definition) is 4. The molecule has 3 rings (SSSR count). The highest BCUT2D eigenvalue weighted by Gasteiger charge is 2.13. The smallest absolute Gasteiger partial charge is 0.271 e. The van der Waals surface area contributed by atoms with Gasteiger partial charge in [-0.25, -0.2) is 9.97 Å². The highest BCUT2D eigenvalue weighted by Crippen LogP contribution is 2.20. The van der Waals surface area contributed by atoms with Crippen molar-refractivity contribution < 1.29 is 4.79 Å². The molecule has 0 unspecified atom stereocenters. The monoisotopic (exact) mass is 295 g/mol. The SMILES string of the molecule is Cc1cc(C)nc(NNC(=O)c2cn(C)c3ccccc23)n1. The van der Waals surface area contributed by atoms with Gasteiger partial charge in [-0.3, -0.25) is 15.6 Å². The van der Waals surface area contributed by atoms with E-state index in [4.69, 9.17) is 0 Å². The number of hydrogen-bond donors (Lipinski definition) is 2. The van der Waals surface area contributed by atoms with Gasteiger partial charge in [0.2, 0.25) is 5.95 Å². The van der Waals surface area contributed by atoms with Crippen LogP contribution >= 0.6 is 0 Å². The van der Waals surface area contributed by atoms with E-state index in [1.807, 2.05) is 62.0 Å². The third-order valence-corrected chi connectivity index (χ3v) is 3.41. The third kappa shape index (κ3) is 2.63. The first-order valence-electron chi connectivity index (χ1n) is 6.97. The van der Waals surface area contributed by atoms with Crippen molar-refractivity contribution >= 4 is 22.8 Å². The van der Waals surface area contributed by atoms with E-state index in [0.29, 0.717) is 11.5 Å².